The van der Waals surface area contributed by atoms with Crippen LogP contribution in [0.3, 0.4) is 0 Å². The van der Waals surface area contributed by atoms with Gasteiger partial charge < -0.3 is 9.47 Å². The van der Waals surface area contributed by atoms with Gasteiger partial charge in [0.2, 0.25) is 0 Å². The van der Waals surface area contributed by atoms with Gasteiger partial charge >= 0.3 is 0 Å². The fourth-order valence-corrected chi connectivity index (χ4v) is 2.47. The number of allylic oxidation sites excluding steroid dienone is 1. The monoisotopic (exact) mass is 210 g/mol. The lowest BCUT2D eigenvalue weighted by Gasteiger charge is -2.44. The predicted molar refractivity (Wildman–Crippen MR) is 56.4 cm³/mol. The molecule has 1 heterocycles. The molecular formula is C12H18O3. The third-order valence-electron chi connectivity index (χ3n) is 3.84. The van der Waals surface area contributed by atoms with Crippen LogP contribution in [0.15, 0.2) is 12.2 Å². The predicted octanol–water partition coefficient (Wildman–Crippen LogP) is 2.06. The fraction of sp³-hybridized carbons (Fsp3) is 0.750. The molecule has 1 aliphatic heterocycles. The smallest absolute Gasteiger partial charge is 0.171 e. The summed E-state index contributed by atoms with van der Waals surface area (Å²) >= 11 is 0. The van der Waals surface area contributed by atoms with E-state index in [1.807, 2.05) is 6.92 Å². The van der Waals surface area contributed by atoms with Gasteiger partial charge in [0.25, 0.3) is 0 Å². The zero-order valence-electron chi connectivity index (χ0n) is 9.47. The molecule has 0 aromatic carbocycles. The van der Waals surface area contributed by atoms with Crippen LogP contribution in [0.2, 0.25) is 0 Å². The number of rotatable bonds is 1. The number of hydrogen-bond donors (Lipinski definition) is 0. The third-order valence-corrected chi connectivity index (χ3v) is 3.84. The number of ketones is 1. The molecule has 0 aromatic rings. The molecule has 1 aliphatic carbocycles. The first-order chi connectivity index (χ1) is 6.97. The molecule has 0 amide bonds. The lowest BCUT2D eigenvalue weighted by atomic mass is 9.68. The van der Waals surface area contributed by atoms with Crippen molar-refractivity contribution in [3.63, 3.8) is 0 Å². The minimum atomic E-state index is -0.545. The summed E-state index contributed by atoms with van der Waals surface area (Å²) in [5.41, 5.74) is 0.596. The number of carbonyl (C=O) groups is 1. The van der Waals surface area contributed by atoms with Crippen molar-refractivity contribution < 1.29 is 14.3 Å². The Labute approximate surface area is 90.4 Å². The van der Waals surface area contributed by atoms with Gasteiger partial charge in [-0.15, -0.1) is 0 Å². The Hall–Kier alpha value is -0.670. The molecular weight excluding hydrogens is 192 g/mol. The minimum Gasteiger partial charge on any atom is -0.347 e. The molecule has 2 aliphatic rings. The Morgan fingerprint density at radius 3 is 2.40 bits per heavy atom. The van der Waals surface area contributed by atoms with Crippen molar-refractivity contribution in [3.05, 3.63) is 12.2 Å². The molecule has 0 spiro atoms. The highest BCUT2D eigenvalue weighted by Crippen LogP contribution is 2.48. The summed E-state index contributed by atoms with van der Waals surface area (Å²) in [7, 11) is 0. The zero-order valence-corrected chi connectivity index (χ0v) is 9.47. The van der Waals surface area contributed by atoms with E-state index >= 15 is 0 Å². The topological polar surface area (TPSA) is 35.5 Å². The second kappa shape index (κ2) is 3.42. The van der Waals surface area contributed by atoms with Crippen molar-refractivity contribution in [2.75, 3.05) is 13.2 Å². The van der Waals surface area contributed by atoms with Gasteiger partial charge in [0.15, 0.2) is 11.6 Å². The molecule has 1 saturated carbocycles. The highest BCUT2D eigenvalue weighted by molar-refractivity contribution is 5.95. The summed E-state index contributed by atoms with van der Waals surface area (Å²) in [5, 5.41) is 0. The van der Waals surface area contributed by atoms with Crippen LogP contribution in [-0.2, 0) is 14.3 Å². The van der Waals surface area contributed by atoms with Crippen LogP contribution in [0, 0.1) is 5.41 Å². The van der Waals surface area contributed by atoms with Gasteiger partial charge in [0.05, 0.1) is 13.2 Å². The molecule has 0 unspecified atom stereocenters. The standard InChI is InChI=1S/C12H18O3/c1-9-8-11(2,5-4-10(9)13)12(3)14-6-7-15-12/h1,4-8H2,2-3H3/t11-/m0/s1. The van der Waals surface area contributed by atoms with Crippen LogP contribution in [0.25, 0.3) is 0 Å². The van der Waals surface area contributed by atoms with Gasteiger partial charge in [-0.05, 0) is 25.3 Å². The first kappa shape index (κ1) is 10.8. The quantitative estimate of drug-likeness (QED) is 0.621. The van der Waals surface area contributed by atoms with E-state index in [4.69, 9.17) is 9.47 Å². The Bertz CT molecular complexity index is 302. The van der Waals surface area contributed by atoms with Gasteiger partial charge in [-0.3, -0.25) is 4.79 Å². The SMILES string of the molecule is C=C1C[C@@](C)(C2(C)OCCO2)CCC1=O. The van der Waals surface area contributed by atoms with Crippen molar-refractivity contribution >= 4 is 5.78 Å². The van der Waals surface area contributed by atoms with E-state index < -0.39 is 5.79 Å². The van der Waals surface area contributed by atoms with Gasteiger partial charge in [-0.2, -0.15) is 0 Å². The molecule has 0 aromatic heterocycles. The van der Waals surface area contributed by atoms with Gasteiger partial charge in [0.1, 0.15) is 0 Å². The van der Waals surface area contributed by atoms with Crippen molar-refractivity contribution in [1.82, 2.24) is 0 Å². The maximum Gasteiger partial charge on any atom is 0.171 e. The lowest BCUT2D eigenvalue weighted by Crippen LogP contribution is -2.47. The second-order valence-corrected chi connectivity index (χ2v) is 4.91. The summed E-state index contributed by atoms with van der Waals surface area (Å²) < 4.78 is 11.4. The molecule has 1 atom stereocenters. The average Bonchev–Trinajstić information content (AvgIpc) is 2.61. The second-order valence-electron chi connectivity index (χ2n) is 4.91. The Morgan fingerprint density at radius 1 is 1.27 bits per heavy atom. The van der Waals surface area contributed by atoms with Gasteiger partial charge in [0, 0.05) is 11.8 Å². The number of ether oxygens (including phenoxy) is 2. The molecule has 1 saturated heterocycles. The van der Waals surface area contributed by atoms with E-state index in [0.717, 1.165) is 6.42 Å². The molecule has 3 heteroatoms. The van der Waals surface area contributed by atoms with Crippen LogP contribution >= 0.6 is 0 Å². The molecule has 2 rings (SSSR count). The molecule has 0 radical (unpaired) electrons. The third kappa shape index (κ3) is 1.64. The fourth-order valence-electron chi connectivity index (χ4n) is 2.47. The van der Waals surface area contributed by atoms with Crippen molar-refractivity contribution in [3.8, 4) is 0 Å². The van der Waals surface area contributed by atoms with Crippen LogP contribution in [0.5, 0.6) is 0 Å². The Morgan fingerprint density at radius 2 is 1.87 bits per heavy atom. The highest BCUT2D eigenvalue weighted by atomic mass is 16.7. The first-order valence-corrected chi connectivity index (χ1v) is 5.46. The number of Topliss-reactive ketones (excluding diaryl/α,β-unsaturated/α-hetero) is 1. The van der Waals surface area contributed by atoms with E-state index in [2.05, 4.69) is 13.5 Å². The number of carbonyl (C=O) groups excluding carboxylic acids is 1. The van der Waals surface area contributed by atoms with E-state index in [9.17, 15) is 4.79 Å². The molecule has 2 fully saturated rings. The van der Waals surface area contributed by atoms with Crippen molar-refractivity contribution in [1.29, 1.82) is 0 Å². The number of hydrogen-bond acceptors (Lipinski definition) is 3. The first-order valence-electron chi connectivity index (χ1n) is 5.46. The van der Waals surface area contributed by atoms with E-state index in [1.165, 1.54) is 0 Å². The normalized spacial score (nSPS) is 35.9. The molecule has 0 N–H and O–H groups in total. The summed E-state index contributed by atoms with van der Waals surface area (Å²) in [4.78, 5) is 11.4. The van der Waals surface area contributed by atoms with Crippen LogP contribution in [-0.4, -0.2) is 24.8 Å². The van der Waals surface area contributed by atoms with E-state index in [-0.39, 0.29) is 11.2 Å². The van der Waals surface area contributed by atoms with Crippen LogP contribution < -0.4 is 0 Å². The molecule has 15 heavy (non-hydrogen) atoms. The maximum absolute atomic E-state index is 11.4. The maximum atomic E-state index is 11.4. The summed E-state index contributed by atoms with van der Waals surface area (Å²) in [5.74, 6) is -0.356. The summed E-state index contributed by atoms with van der Waals surface area (Å²) in [6.07, 6.45) is 2.07. The Balaban J connectivity index is 2.19. The molecule has 0 bridgehead atoms. The van der Waals surface area contributed by atoms with Crippen molar-refractivity contribution in [2.45, 2.75) is 38.9 Å². The Kier molecular flexibility index (Phi) is 2.47. The van der Waals surface area contributed by atoms with Gasteiger partial charge in [-0.1, -0.05) is 13.5 Å². The molecule has 3 nitrogen and oxygen atoms in total. The van der Waals surface area contributed by atoms with Gasteiger partial charge in [-0.25, -0.2) is 0 Å². The largest absolute Gasteiger partial charge is 0.347 e. The zero-order chi connectivity index (χ0) is 11.1. The molecule has 84 valence electrons. The summed E-state index contributed by atoms with van der Waals surface area (Å²) in [6.45, 7) is 9.22. The van der Waals surface area contributed by atoms with E-state index in [0.29, 0.717) is 31.6 Å². The van der Waals surface area contributed by atoms with Crippen molar-refractivity contribution in [2.24, 2.45) is 5.41 Å². The van der Waals surface area contributed by atoms with Crippen LogP contribution in [0.4, 0.5) is 0 Å². The lowest BCUT2D eigenvalue weighted by molar-refractivity contribution is -0.224. The minimum absolute atomic E-state index is 0.117. The van der Waals surface area contributed by atoms with Crippen LogP contribution in [0.1, 0.15) is 33.1 Å². The highest BCUT2D eigenvalue weighted by Gasteiger charge is 2.51. The van der Waals surface area contributed by atoms with E-state index in [1.54, 1.807) is 0 Å². The summed E-state index contributed by atoms with van der Waals surface area (Å²) in [6, 6.07) is 0. The average molecular weight is 210 g/mol.